The zero-order valence-corrected chi connectivity index (χ0v) is 15.4. The molecule has 2 N–H and O–H groups in total. The lowest BCUT2D eigenvalue weighted by molar-refractivity contribution is 0.0923. The summed E-state index contributed by atoms with van der Waals surface area (Å²) >= 11 is 12.1. The largest absolute Gasteiger partial charge is 0.384 e. The van der Waals surface area contributed by atoms with Crippen LogP contribution in [-0.4, -0.2) is 23.5 Å². The Morgan fingerprint density at radius 1 is 1.16 bits per heavy atom. The molecule has 1 fully saturated rings. The smallest absolute Gasteiger partial charge is 0.253 e. The van der Waals surface area contributed by atoms with Crippen molar-refractivity contribution in [3.05, 3.63) is 58.3 Å². The van der Waals surface area contributed by atoms with Gasteiger partial charge in [0.05, 0.1) is 16.3 Å². The summed E-state index contributed by atoms with van der Waals surface area (Å²) < 4.78 is 0. The van der Waals surface area contributed by atoms with E-state index in [-0.39, 0.29) is 11.9 Å². The summed E-state index contributed by atoms with van der Waals surface area (Å²) in [5, 5.41) is 7.45. The Labute approximate surface area is 157 Å². The Morgan fingerprint density at radius 2 is 1.96 bits per heavy atom. The van der Waals surface area contributed by atoms with Crippen LogP contribution in [-0.2, 0) is 0 Å². The van der Waals surface area contributed by atoms with Gasteiger partial charge in [0.25, 0.3) is 5.91 Å². The van der Waals surface area contributed by atoms with E-state index in [2.05, 4.69) is 15.6 Å². The van der Waals surface area contributed by atoms with Gasteiger partial charge >= 0.3 is 0 Å². The van der Waals surface area contributed by atoms with Gasteiger partial charge in [-0.3, -0.25) is 9.78 Å². The van der Waals surface area contributed by atoms with Crippen molar-refractivity contribution in [3.63, 3.8) is 0 Å². The standard InChI is InChI=1S/C19H21Cl2N3O/c20-14-5-8-18(21)17(10-14)19(25)24-15-6-3-13(4-7-15)11-23-16-2-1-9-22-12-16/h1-2,5,8-10,12-13,15,23H,3-4,6-7,11H2,(H,24,25). The van der Waals surface area contributed by atoms with E-state index in [9.17, 15) is 4.79 Å². The molecule has 1 amide bonds. The summed E-state index contributed by atoms with van der Waals surface area (Å²) in [5.74, 6) is 0.465. The molecule has 1 aliphatic carbocycles. The topological polar surface area (TPSA) is 54.0 Å². The Hall–Kier alpha value is -1.78. The van der Waals surface area contributed by atoms with Crippen LogP contribution in [0.2, 0.25) is 10.0 Å². The molecular weight excluding hydrogens is 357 g/mol. The van der Waals surface area contributed by atoms with Crippen LogP contribution >= 0.6 is 23.2 Å². The van der Waals surface area contributed by atoms with Crippen molar-refractivity contribution in [1.29, 1.82) is 0 Å². The molecule has 4 nitrogen and oxygen atoms in total. The maximum Gasteiger partial charge on any atom is 0.253 e. The molecule has 1 heterocycles. The number of aromatic nitrogens is 1. The average Bonchev–Trinajstić information content (AvgIpc) is 2.64. The monoisotopic (exact) mass is 377 g/mol. The maximum absolute atomic E-state index is 12.4. The van der Waals surface area contributed by atoms with E-state index in [1.807, 2.05) is 18.3 Å². The fourth-order valence-electron chi connectivity index (χ4n) is 3.18. The van der Waals surface area contributed by atoms with Crippen molar-refractivity contribution in [1.82, 2.24) is 10.3 Å². The number of amides is 1. The lowest BCUT2D eigenvalue weighted by Gasteiger charge is -2.29. The van der Waals surface area contributed by atoms with Gasteiger partial charge in [-0.1, -0.05) is 23.2 Å². The number of pyridine rings is 1. The molecule has 3 rings (SSSR count). The third-order valence-corrected chi connectivity index (χ3v) is 5.18. The third-order valence-electron chi connectivity index (χ3n) is 4.61. The molecule has 0 spiro atoms. The Bertz CT molecular complexity index is 716. The van der Waals surface area contributed by atoms with Crippen LogP contribution in [0.3, 0.4) is 0 Å². The Morgan fingerprint density at radius 3 is 2.68 bits per heavy atom. The lowest BCUT2D eigenvalue weighted by atomic mass is 9.86. The van der Waals surface area contributed by atoms with Crippen LogP contribution in [0, 0.1) is 5.92 Å². The fourth-order valence-corrected chi connectivity index (χ4v) is 3.55. The summed E-state index contributed by atoms with van der Waals surface area (Å²) in [7, 11) is 0. The number of hydrogen-bond acceptors (Lipinski definition) is 3. The highest BCUT2D eigenvalue weighted by Gasteiger charge is 2.23. The molecule has 0 saturated heterocycles. The molecule has 25 heavy (non-hydrogen) atoms. The first-order chi connectivity index (χ1) is 12.1. The lowest BCUT2D eigenvalue weighted by Crippen LogP contribution is -2.38. The maximum atomic E-state index is 12.4. The molecule has 1 aliphatic rings. The average molecular weight is 378 g/mol. The van der Waals surface area contributed by atoms with E-state index >= 15 is 0 Å². The predicted octanol–water partition coefficient (Wildman–Crippen LogP) is 4.79. The van der Waals surface area contributed by atoms with Gasteiger partial charge in [-0.05, 0) is 61.9 Å². The van der Waals surface area contributed by atoms with E-state index in [1.54, 1.807) is 24.4 Å². The molecule has 0 unspecified atom stereocenters. The first-order valence-electron chi connectivity index (χ1n) is 8.51. The number of halogens is 2. The molecule has 6 heteroatoms. The molecule has 1 saturated carbocycles. The van der Waals surface area contributed by atoms with Crippen molar-refractivity contribution < 1.29 is 4.79 Å². The third kappa shape index (κ3) is 5.10. The number of carbonyl (C=O) groups is 1. The number of anilines is 1. The van der Waals surface area contributed by atoms with Crippen LogP contribution < -0.4 is 10.6 Å². The number of rotatable bonds is 5. The zero-order valence-electron chi connectivity index (χ0n) is 13.8. The van der Waals surface area contributed by atoms with Gasteiger partial charge in [0, 0.05) is 30.0 Å². The van der Waals surface area contributed by atoms with Crippen LogP contribution in [0.1, 0.15) is 36.0 Å². The molecule has 1 aromatic carbocycles. The first-order valence-corrected chi connectivity index (χ1v) is 9.27. The molecule has 0 atom stereocenters. The summed E-state index contributed by atoms with van der Waals surface area (Å²) in [5.41, 5.74) is 1.49. The highest BCUT2D eigenvalue weighted by molar-refractivity contribution is 6.35. The summed E-state index contributed by atoms with van der Waals surface area (Å²) in [6, 6.07) is 9.09. The van der Waals surface area contributed by atoms with Gasteiger partial charge in [0.2, 0.25) is 0 Å². The second-order valence-corrected chi connectivity index (χ2v) is 7.28. The molecular formula is C19H21Cl2N3O. The molecule has 0 aliphatic heterocycles. The molecule has 2 aromatic rings. The van der Waals surface area contributed by atoms with E-state index in [0.29, 0.717) is 21.5 Å². The van der Waals surface area contributed by atoms with Crippen LogP contribution in [0.5, 0.6) is 0 Å². The van der Waals surface area contributed by atoms with E-state index in [4.69, 9.17) is 23.2 Å². The minimum atomic E-state index is -0.149. The summed E-state index contributed by atoms with van der Waals surface area (Å²) in [6.45, 7) is 0.937. The van der Waals surface area contributed by atoms with Gasteiger partial charge in [0.1, 0.15) is 0 Å². The zero-order chi connectivity index (χ0) is 17.6. The molecule has 132 valence electrons. The molecule has 0 bridgehead atoms. The predicted molar refractivity (Wildman–Crippen MR) is 102 cm³/mol. The Kier molecular flexibility index (Phi) is 6.16. The number of carbonyl (C=O) groups excluding carboxylic acids is 1. The van der Waals surface area contributed by atoms with Gasteiger partial charge in [-0.2, -0.15) is 0 Å². The summed E-state index contributed by atoms with van der Waals surface area (Å²) in [4.78, 5) is 16.5. The van der Waals surface area contributed by atoms with Gasteiger partial charge in [-0.15, -0.1) is 0 Å². The van der Waals surface area contributed by atoms with E-state index < -0.39 is 0 Å². The van der Waals surface area contributed by atoms with Crippen molar-refractivity contribution in [3.8, 4) is 0 Å². The van der Waals surface area contributed by atoms with Gasteiger partial charge < -0.3 is 10.6 Å². The second kappa shape index (κ2) is 8.54. The molecule has 1 aromatic heterocycles. The van der Waals surface area contributed by atoms with E-state index in [0.717, 1.165) is 37.9 Å². The highest BCUT2D eigenvalue weighted by Crippen LogP contribution is 2.26. The normalized spacial score (nSPS) is 20.1. The minimum Gasteiger partial charge on any atom is -0.384 e. The van der Waals surface area contributed by atoms with E-state index in [1.165, 1.54) is 0 Å². The Balaban J connectivity index is 1.46. The fraction of sp³-hybridized carbons (Fsp3) is 0.368. The quantitative estimate of drug-likeness (QED) is 0.787. The SMILES string of the molecule is O=C(NC1CCC(CNc2cccnc2)CC1)c1cc(Cl)ccc1Cl. The van der Waals surface area contributed by atoms with Crippen LogP contribution in [0.4, 0.5) is 5.69 Å². The minimum absolute atomic E-state index is 0.149. The van der Waals surface area contributed by atoms with Crippen molar-refractivity contribution in [2.24, 2.45) is 5.92 Å². The van der Waals surface area contributed by atoms with Crippen molar-refractivity contribution in [2.75, 3.05) is 11.9 Å². The van der Waals surface area contributed by atoms with Crippen molar-refractivity contribution >= 4 is 34.8 Å². The van der Waals surface area contributed by atoms with Gasteiger partial charge in [0.15, 0.2) is 0 Å². The van der Waals surface area contributed by atoms with Crippen LogP contribution in [0.15, 0.2) is 42.7 Å². The highest BCUT2D eigenvalue weighted by atomic mass is 35.5. The molecule has 0 radical (unpaired) electrons. The number of nitrogens with zero attached hydrogens (tertiary/aromatic N) is 1. The first kappa shape index (κ1) is 18.0. The van der Waals surface area contributed by atoms with Crippen molar-refractivity contribution in [2.45, 2.75) is 31.7 Å². The van der Waals surface area contributed by atoms with Gasteiger partial charge in [-0.25, -0.2) is 0 Å². The second-order valence-electron chi connectivity index (χ2n) is 6.44. The summed E-state index contributed by atoms with van der Waals surface area (Å²) in [6.07, 6.45) is 7.72. The number of hydrogen-bond donors (Lipinski definition) is 2. The van der Waals surface area contributed by atoms with Crippen LogP contribution in [0.25, 0.3) is 0 Å². The number of nitrogens with one attached hydrogen (secondary N) is 2. The number of benzene rings is 1.